The number of halogens is 1. The zero-order valence-electron chi connectivity index (χ0n) is 7.49. The molecule has 0 aromatic rings. The first-order valence-corrected chi connectivity index (χ1v) is 8.04. The molecular weight excluding hydrogens is 213 g/mol. The summed E-state index contributed by atoms with van der Waals surface area (Å²) >= 11 is 7.14. The highest BCUT2D eigenvalue weighted by atomic mass is 35.7. The van der Waals surface area contributed by atoms with Crippen molar-refractivity contribution in [1.82, 2.24) is 4.67 Å². The van der Waals surface area contributed by atoms with Crippen molar-refractivity contribution in [3.05, 3.63) is 12.7 Å². The third-order valence-corrected chi connectivity index (χ3v) is 6.98. The van der Waals surface area contributed by atoms with Gasteiger partial charge in [-0.2, -0.15) is 0 Å². The van der Waals surface area contributed by atoms with Gasteiger partial charge in [0.15, 0.2) is 0 Å². The van der Waals surface area contributed by atoms with Gasteiger partial charge in [-0.3, -0.25) is 4.57 Å². The molecule has 2 nitrogen and oxygen atoms in total. The second kappa shape index (κ2) is 6.09. The summed E-state index contributed by atoms with van der Waals surface area (Å²) in [6.07, 6.45) is 1.71. The minimum absolute atomic E-state index is 0.636. The molecule has 0 aromatic carbocycles. The maximum Gasteiger partial charge on any atom is 0.289 e. The topological polar surface area (TPSA) is 20.3 Å². The molecule has 0 spiro atoms. The molecule has 0 saturated carbocycles. The quantitative estimate of drug-likeness (QED) is 0.511. The van der Waals surface area contributed by atoms with E-state index in [-0.39, 0.29) is 0 Å². The van der Waals surface area contributed by atoms with Crippen molar-refractivity contribution in [2.75, 3.05) is 18.8 Å². The van der Waals surface area contributed by atoms with Gasteiger partial charge in [0.2, 0.25) is 0 Å². The molecule has 0 aromatic heterocycles. The van der Waals surface area contributed by atoms with Gasteiger partial charge in [-0.15, -0.1) is 6.58 Å². The van der Waals surface area contributed by atoms with Gasteiger partial charge >= 0.3 is 0 Å². The van der Waals surface area contributed by atoms with Crippen LogP contribution in [0.2, 0.25) is 0 Å². The molecular formula is C7H15ClNOPS. The van der Waals surface area contributed by atoms with E-state index in [4.69, 9.17) is 11.2 Å². The molecule has 1 atom stereocenters. The first kappa shape index (κ1) is 12.6. The summed E-state index contributed by atoms with van der Waals surface area (Å²) in [6.45, 7) is 8.91. The van der Waals surface area contributed by atoms with E-state index in [1.807, 2.05) is 13.8 Å². The highest BCUT2D eigenvalue weighted by molar-refractivity contribution is 8.64. The molecule has 0 amide bonds. The summed E-state index contributed by atoms with van der Waals surface area (Å²) in [4.78, 5) is 0. The zero-order valence-corrected chi connectivity index (χ0v) is 9.96. The Bertz CT molecular complexity index is 184. The Morgan fingerprint density at radius 2 is 2.08 bits per heavy atom. The second-order valence-electron chi connectivity index (χ2n) is 2.17. The third-order valence-electron chi connectivity index (χ3n) is 1.42. The van der Waals surface area contributed by atoms with E-state index in [0.717, 1.165) is 13.1 Å². The van der Waals surface area contributed by atoms with Gasteiger partial charge in [-0.25, -0.2) is 4.67 Å². The third kappa shape index (κ3) is 3.99. The largest absolute Gasteiger partial charge is 0.289 e. The van der Waals surface area contributed by atoms with Crippen LogP contribution in [0.15, 0.2) is 12.7 Å². The Balaban J connectivity index is 4.15. The van der Waals surface area contributed by atoms with Crippen LogP contribution in [0.1, 0.15) is 13.8 Å². The van der Waals surface area contributed by atoms with Crippen molar-refractivity contribution in [2.45, 2.75) is 13.8 Å². The lowest BCUT2D eigenvalue weighted by Crippen LogP contribution is -2.15. The normalized spacial score (nSPS) is 16.0. The van der Waals surface area contributed by atoms with Gasteiger partial charge in [0.25, 0.3) is 5.85 Å². The van der Waals surface area contributed by atoms with E-state index in [9.17, 15) is 4.57 Å². The van der Waals surface area contributed by atoms with Gasteiger partial charge in [0, 0.05) is 18.8 Å². The van der Waals surface area contributed by atoms with Crippen molar-refractivity contribution in [3.8, 4) is 0 Å². The first-order chi connectivity index (χ1) is 5.58. The molecule has 1 unspecified atom stereocenters. The molecule has 0 aliphatic rings. The van der Waals surface area contributed by atoms with Crippen LogP contribution in [-0.4, -0.2) is 23.5 Å². The van der Waals surface area contributed by atoms with Crippen molar-refractivity contribution < 1.29 is 4.57 Å². The molecule has 0 aliphatic carbocycles. The number of rotatable bonds is 6. The monoisotopic (exact) mass is 227 g/mol. The zero-order chi connectivity index (χ0) is 9.61. The summed E-state index contributed by atoms with van der Waals surface area (Å²) in [7, 11) is 0. The fourth-order valence-electron chi connectivity index (χ4n) is 0.788. The predicted molar refractivity (Wildman–Crippen MR) is 59.0 cm³/mol. The Labute approximate surface area is 83.3 Å². The standard InChI is InChI=1S/C7H15ClNOPS/c1-4-7-12-11(8,10)9(5-2)6-3/h4H,1,5-7H2,2-3H3. The van der Waals surface area contributed by atoms with E-state index < -0.39 is 5.85 Å². The van der Waals surface area contributed by atoms with Crippen LogP contribution in [0.5, 0.6) is 0 Å². The molecule has 5 heteroatoms. The van der Waals surface area contributed by atoms with Crippen molar-refractivity contribution in [3.63, 3.8) is 0 Å². The smallest absolute Gasteiger partial charge is 0.277 e. The van der Waals surface area contributed by atoms with Crippen LogP contribution in [0, 0.1) is 0 Å². The van der Waals surface area contributed by atoms with Crippen LogP contribution < -0.4 is 0 Å². The number of hydrogen-bond acceptors (Lipinski definition) is 2. The summed E-state index contributed by atoms with van der Waals surface area (Å²) in [5.41, 5.74) is 0. The summed E-state index contributed by atoms with van der Waals surface area (Å²) in [5.74, 6) is -2.03. The lowest BCUT2D eigenvalue weighted by molar-refractivity contribution is 0.467. The molecule has 12 heavy (non-hydrogen) atoms. The average Bonchev–Trinajstić information content (AvgIpc) is 2.03. The second-order valence-corrected chi connectivity index (χ2v) is 8.47. The highest BCUT2D eigenvalue weighted by Gasteiger charge is 2.25. The maximum atomic E-state index is 11.7. The predicted octanol–water partition coefficient (Wildman–Crippen LogP) is 3.59. The highest BCUT2D eigenvalue weighted by Crippen LogP contribution is 2.65. The fourth-order valence-corrected chi connectivity index (χ4v) is 5.12. The van der Waals surface area contributed by atoms with E-state index in [1.54, 1.807) is 10.7 Å². The van der Waals surface area contributed by atoms with Gasteiger partial charge < -0.3 is 0 Å². The molecule has 0 bridgehead atoms. The molecule has 0 N–H and O–H groups in total. The van der Waals surface area contributed by atoms with E-state index >= 15 is 0 Å². The van der Waals surface area contributed by atoms with E-state index in [2.05, 4.69) is 6.58 Å². The minimum atomic E-state index is -2.67. The van der Waals surface area contributed by atoms with Crippen molar-refractivity contribution in [2.24, 2.45) is 0 Å². The average molecular weight is 228 g/mol. The number of nitrogens with zero attached hydrogens (tertiary/aromatic N) is 1. The van der Waals surface area contributed by atoms with Gasteiger partial charge in [-0.1, -0.05) is 31.3 Å². The van der Waals surface area contributed by atoms with Gasteiger partial charge in [0.05, 0.1) is 0 Å². The lowest BCUT2D eigenvalue weighted by Gasteiger charge is -2.22. The molecule has 0 aliphatic heterocycles. The summed E-state index contributed by atoms with van der Waals surface area (Å²) < 4.78 is 13.5. The van der Waals surface area contributed by atoms with Crippen molar-refractivity contribution in [1.29, 1.82) is 0 Å². The molecule has 0 fully saturated rings. The SMILES string of the molecule is C=CCSP(=O)(Cl)N(CC)CC. The van der Waals surface area contributed by atoms with Crippen LogP contribution in [0.3, 0.4) is 0 Å². The molecule has 0 radical (unpaired) electrons. The van der Waals surface area contributed by atoms with Crippen LogP contribution in [-0.2, 0) is 4.57 Å². The first-order valence-electron chi connectivity index (χ1n) is 3.89. The maximum absolute atomic E-state index is 11.7. The Morgan fingerprint density at radius 3 is 2.42 bits per heavy atom. The lowest BCUT2D eigenvalue weighted by atomic mass is 10.7. The fraction of sp³-hybridized carbons (Fsp3) is 0.714. The Kier molecular flexibility index (Phi) is 6.38. The molecule has 72 valence electrons. The Morgan fingerprint density at radius 1 is 1.58 bits per heavy atom. The van der Waals surface area contributed by atoms with Crippen molar-refractivity contribution >= 4 is 28.5 Å². The van der Waals surface area contributed by atoms with E-state index in [1.165, 1.54) is 11.4 Å². The Hall–Kier alpha value is 0.570. The summed E-state index contributed by atoms with van der Waals surface area (Å²) in [6, 6.07) is 0. The number of hydrogen-bond donors (Lipinski definition) is 0. The van der Waals surface area contributed by atoms with Crippen LogP contribution >= 0.6 is 28.5 Å². The molecule has 0 heterocycles. The minimum Gasteiger partial charge on any atom is -0.277 e. The van der Waals surface area contributed by atoms with Crippen LogP contribution in [0.25, 0.3) is 0 Å². The summed E-state index contributed by atoms with van der Waals surface area (Å²) in [5, 5.41) is 0. The van der Waals surface area contributed by atoms with Gasteiger partial charge in [0.1, 0.15) is 0 Å². The molecule has 0 rings (SSSR count). The van der Waals surface area contributed by atoms with Crippen LogP contribution in [0.4, 0.5) is 0 Å². The van der Waals surface area contributed by atoms with Gasteiger partial charge in [-0.05, 0) is 11.2 Å². The van der Waals surface area contributed by atoms with E-state index in [0.29, 0.717) is 5.75 Å². The molecule has 0 saturated heterocycles.